The Balaban J connectivity index is 1.54. The SMILES string of the molecule is O=C(Nc1ccccc1-c1nc2cc(Br)ccc2c(=O)o1)c1ccc2ccccc2c1. The molecule has 0 aliphatic heterocycles. The molecule has 1 amide bonds. The topological polar surface area (TPSA) is 72.2 Å². The van der Waals surface area contributed by atoms with E-state index in [9.17, 15) is 9.59 Å². The average molecular weight is 471 g/mol. The molecular formula is C25H15BrN2O3. The summed E-state index contributed by atoms with van der Waals surface area (Å²) >= 11 is 3.40. The number of fused-ring (bicyclic) bond motifs is 2. The number of anilines is 1. The fourth-order valence-corrected chi connectivity index (χ4v) is 3.81. The lowest BCUT2D eigenvalue weighted by Crippen LogP contribution is -2.13. The van der Waals surface area contributed by atoms with Gasteiger partial charge in [0.05, 0.1) is 22.2 Å². The molecule has 0 bridgehead atoms. The maximum Gasteiger partial charge on any atom is 0.347 e. The van der Waals surface area contributed by atoms with E-state index in [1.807, 2.05) is 36.4 Å². The highest BCUT2D eigenvalue weighted by atomic mass is 79.9. The van der Waals surface area contributed by atoms with Gasteiger partial charge in [0.25, 0.3) is 5.91 Å². The van der Waals surface area contributed by atoms with Crippen molar-refractivity contribution < 1.29 is 9.21 Å². The Hall–Kier alpha value is -3.77. The third-order valence-electron chi connectivity index (χ3n) is 5.01. The first-order valence-electron chi connectivity index (χ1n) is 9.58. The maximum absolute atomic E-state index is 12.9. The lowest BCUT2D eigenvalue weighted by atomic mass is 10.1. The van der Waals surface area contributed by atoms with Gasteiger partial charge in [-0.25, -0.2) is 9.78 Å². The Morgan fingerprint density at radius 3 is 2.52 bits per heavy atom. The number of rotatable bonds is 3. The van der Waals surface area contributed by atoms with Crippen molar-refractivity contribution in [3.05, 3.63) is 105 Å². The minimum atomic E-state index is -0.483. The maximum atomic E-state index is 12.9. The second-order valence-corrected chi connectivity index (χ2v) is 7.95. The van der Waals surface area contributed by atoms with Gasteiger partial charge in [0.15, 0.2) is 0 Å². The second-order valence-electron chi connectivity index (χ2n) is 7.03. The standard InChI is InChI=1S/C25H15BrN2O3/c26-18-11-12-20-22(14-18)28-24(31-25(20)30)19-7-3-4-8-21(19)27-23(29)17-10-9-15-5-1-2-6-16(15)13-17/h1-14H,(H,27,29). The zero-order chi connectivity index (χ0) is 21.4. The molecule has 150 valence electrons. The van der Waals surface area contributed by atoms with Gasteiger partial charge in [0, 0.05) is 10.0 Å². The van der Waals surface area contributed by atoms with Crippen LogP contribution in [0.3, 0.4) is 0 Å². The zero-order valence-corrected chi connectivity index (χ0v) is 17.7. The van der Waals surface area contributed by atoms with Crippen LogP contribution in [-0.2, 0) is 0 Å². The molecule has 5 rings (SSSR count). The summed E-state index contributed by atoms with van der Waals surface area (Å²) in [5, 5.41) is 5.36. The Bertz CT molecular complexity index is 1520. The zero-order valence-electron chi connectivity index (χ0n) is 16.1. The lowest BCUT2D eigenvalue weighted by Gasteiger charge is -2.11. The van der Waals surface area contributed by atoms with Crippen LogP contribution in [0.5, 0.6) is 0 Å². The summed E-state index contributed by atoms with van der Waals surface area (Å²) in [5.41, 5.74) is 1.59. The molecule has 1 aromatic heterocycles. The summed E-state index contributed by atoms with van der Waals surface area (Å²) in [4.78, 5) is 29.9. The first-order chi connectivity index (χ1) is 15.1. The Morgan fingerprint density at radius 2 is 1.65 bits per heavy atom. The highest BCUT2D eigenvalue weighted by molar-refractivity contribution is 9.10. The number of benzene rings is 4. The van der Waals surface area contributed by atoms with Gasteiger partial charge in [-0.15, -0.1) is 0 Å². The van der Waals surface area contributed by atoms with Crippen molar-refractivity contribution in [3.63, 3.8) is 0 Å². The highest BCUT2D eigenvalue weighted by Crippen LogP contribution is 2.28. The van der Waals surface area contributed by atoms with Gasteiger partial charge in [-0.05, 0) is 53.2 Å². The summed E-state index contributed by atoms with van der Waals surface area (Å²) < 4.78 is 6.28. The molecule has 0 saturated carbocycles. The van der Waals surface area contributed by atoms with Gasteiger partial charge < -0.3 is 9.73 Å². The van der Waals surface area contributed by atoms with Crippen LogP contribution in [-0.4, -0.2) is 10.9 Å². The first kappa shape index (κ1) is 19.2. The third kappa shape index (κ3) is 3.73. The van der Waals surface area contributed by atoms with Crippen LogP contribution in [0.1, 0.15) is 10.4 Å². The number of nitrogens with one attached hydrogen (secondary N) is 1. The van der Waals surface area contributed by atoms with E-state index in [0.717, 1.165) is 15.2 Å². The van der Waals surface area contributed by atoms with Crippen LogP contribution in [0, 0.1) is 0 Å². The van der Waals surface area contributed by atoms with Gasteiger partial charge in [-0.2, -0.15) is 0 Å². The molecule has 5 aromatic rings. The van der Waals surface area contributed by atoms with Gasteiger partial charge in [-0.1, -0.05) is 58.4 Å². The molecule has 31 heavy (non-hydrogen) atoms. The van der Waals surface area contributed by atoms with Crippen LogP contribution in [0.2, 0.25) is 0 Å². The quantitative estimate of drug-likeness (QED) is 0.349. The fourth-order valence-electron chi connectivity index (χ4n) is 3.46. The summed E-state index contributed by atoms with van der Waals surface area (Å²) in [6.45, 7) is 0. The lowest BCUT2D eigenvalue weighted by molar-refractivity contribution is 0.102. The Labute approximate surface area is 185 Å². The van der Waals surface area contributed by atoms with Crippen molar-refractivity contribution in [1.29, 1.82) is 0 Å². The fraction of sp³-hybridized carbons (Fsp3) is 0. The van der Waals surface area contributed by atoms with Crippen molar-refractivity contribution in [3.8, 4) is 11.5 Å². The first-order valence-corrected chi connectivity index (χ1v) is 10.4. The predicted octanol–water partition coefficient (Wildman–Crippen LogP) is 6.02. The number of carbonyl (C=O) groups is 1. The summed E-state index contributed by atoms with van der Waals surface area (Å²) in [6, 6.07) is 25.7. The molecule has 0 spiro atoms. The minimum absolute atomic E-state index is 0.144. The van der Waals surface area contributed by atoms with E-state index in [-0.39, 0.29) is 11.8 Å². The average Bonchev–Trinajstić information content (AvgIpc) is 2.78. The minimum Gasteiger partial charge on any atom is -0.403 e. The van der Waals surface area contributed by atoms with E-state index >= 15 is 0 Å². The Kier molecular flexibility index (Phi) is 4.84. The molecule has 0 unspecified atom stereocenters. The van der Waals surface area contributed by atoms with Gasteiger partial charge in [0.2, 0.25) is 5.89 Å². The van der Waals surface area contributed by atoms with Crippen LogP contribution >= 0.6 is 15.9 Å². The number of amides is 1. The number of hydrogen-bond donors (Lipinski definition) is 1. The number of halogens is 1. The van der Waals surface area contributed by atoms with Crippen molar-refractivity contribution in [2.75, 3.05) is 5.32 Å². The van der Waals surface area contributed by atoms with Crippen molar-refractivity contribution in [1.82, 2.24) is 4.98 Å². The number of carbonyl (C=O) groups excluding carboxylic acids is 1. The van der Waals surface area contributed by atoms with Crippen molar-refractivity contribution in [2.24, 2.45) is 0 Å². The van der Waals surface area contributed by atoms with E-state index in [1.165, 1.54) is 0 Å². The smallest absolute Gasteiger partial charge is 0.347 e. The summed E-state index contributed by atoms with van der Waals surface area (Å²) in [7, 11) is 0. The molecule has 0 fully saturated rings. The molecule has 6 heteroatoms. The molecule has 1 N–H and O–H groups in total. The predicted molar refractivity (Wildman–Crippen MR) is 125 cm³/mol. The molecular weight excluding hydrogens is 456 g/mol. The van der Waals surface area contributed by atoms with E-state index < -0.39 is 5.63 Å². The Morgan fingerprint density at radius 1 is 0.871 bits per heavy atom. The van der Waals surface area contributed by atoms with Gasteiger partial charge in [0.1, 0.15) is 0 Å². The number of aromatic nitrogens is 1. The summed E-state index contributed by atoms with van der Waals surface area (Å²) in [6.07, 6.45) is 0. The summed E-state index contributed by atoms with van der Waals surface area (Å²) in [5.74, 6) is -0.117. The van der Waals surface area contributed by atoms with Crippen molar-refractivity contribution >= 4 is 49.2 Å². The highest BCUT2D eigenvalue weighted by Gasteiger charge is 2.15. The normalized spacial score (nSPS) is 11.0. The van der Waals surface area contributed by atoms with Gasteiger partial charge in [-0.3, -0.25) is 4.79 Å². The molecule has 0 atom stereocenters. The largest absolute Gasteiger partial charge is 0.403 e. The van der Waals surface area contributed by atoms with Crippen LogP contribution in [0.25, 0.3) is 33.1 Å². The molecule has 0 aliphatic rings. The molecule has 0 saturated heterocycles. The molecule has 1 heterocycles. The monoisotopic (exact) mass is 470 g/mol. The van der Waals surface area contributed by atoms with Gasteiger partial charge >= 0.3 is 5.63 Å². The molecule has 5 nitrogen and oxygen atoms in total. The number of hydrogen-bond acceptors (Lipinski definition) is 4. The van der Waals surface area contributed by atoms with E-state index in [4.69, 9.17) is 4.42 Å². The van der Waals surface area contributed by atoms with E-state index in [2.05, 4.69) is 26.2 Å². The third-order valence-corrected chi connectivity index (χ3v) is 5.50. The van der Waals surface area contributed by atoms with E-state index in [1.54, 1.807) is 48.5 Å². The van der Waals surface area contributed by atoms with Crippen molar-refractivity contribution in [2.45, 2.75) is 0 Å². The van der Waals surface area contributed by atoms with Crippen LogP contribution in [0.15, 0.2) is 98.6 Å². The number of para-hydroxylation sites is 1. The van der Waals surface area contributed by atoms with Crippen LogP contribution < -0.4 is 10.9 Å². The number of nitrogens with zero attached hydrogens (tertiary/aromatic N) is 1. The molecule has 0 radical (unpaired) electrons. The van der Waals surface area contributed by atoms with Crippen LogP contribution in [0.4, 0.5) is 5.69 Å². The molecule has 0 aliphatic carbocycles. The molecule has 4 aromatic carbocycles. The second kappa shape index (κ2) is 7.81. The van der Waals surface area contributed by atoms with E-state index in [0.29, 0.717) is 27.7 Å².